The summed E-state index contributed by atoms with van der Waals surface area (Å²) in [5.41, 5.74) is 0. The molecule has 1 saturated heterocycles. The average molecular weight is 199 g/mol. The van der Waals surface area contributed by atoms with E-state index >= 15 is 0 Å². The Morgan fingerprint density at radius 3 is 2.46 bits per heavy atom. The van der Waals surface area contributed by atoms with Crippen molar-refractivity contribution >= 4 is 11.8 Å². The lowest BCUT2D eigenvalue weighted by molar-refractivity contribution is 0.375. The number of hydrogen-bond donors (Lipinski definition) is 1. The Balaban J connectivity index is 1.79. The van der Waals surface area contributed by atoms with E-state index in [9.17, 15) is 0 Å². The first-order valence-electron chi connectivity index (χ1n) is 5.48. The summed E-state index contributed by atoms with van der Waals surface area (Å²) >= 11 is 2.09. The van der Waals surface area contributed by atoms with Crippen LogP contribution < -0.4 is 5.32 Å². The largest absolute Gasteiger partial charge is 0.309 e. The van der Waals surface area contributed by atoms with Gasteiger partial charge in [-0.05, 0) is 39.0 Å². The Morgan fingerprint density at radius 2 is 2.08 bits per heavy atom. The van der Waals surface area contributed by atoms with Crippen LogP contribution in [0.25, 0.3) is 0 Å². The van der Waals surface area contributed by atoms with Crippen LogP contribution in [-0.2, 0) is 0 Å². The van der Waals surface area contributed by atoms with Gasteiger partial charge in [-0.15, -0.1) is 0 Å². The van der Waals surface area contributed by atoms with Gasteiger partial charge in [-0.3, -0.25) is 0 Å². The van der Waals surface area contributed by atoms with Gasteiger partial charge in [0.2, 0.25) is 0 Å². The fraction of sp³-hybridized carbons (Fsp3) is 1.00. The van der Waals surface area contributed by atoms with Crippen LogP contribution in [0.4, 0.5) is 0 Å². The van der Waals surface area contributed by atoms with Crippen LogP contribution in [0.1, 0.15) is 40.0 Å². The molecule has 2 fully saturated rings. The maximum Gasteiger partial charge on any atom is 0.0302 e. The highest BCUT2D eigenvalue weighted by molar-refractivity contribution is 8.02. The van der Waals surface area contributed by atoms with Crippen LogP contribution in [-0.4, -0.2) is 22.6 Å². The lowest BCUT2D eigenvalue weighted by atomic mass is 10.0. The van der Waals surface area contributed by atoms with Crippen molar-refractivity contribution in [1.82, 2.24) is 5.32 Å². The molecule has 1 aliphatic carbocycles. The Hall–Kier alpha value is 0.310. The summed E-state index contributed by atoms with van der Waals surface area (Å²) < 4.78 is 0.492. The molecular formula is C11H21NS. The second-order valence-electron chi connectivity index (χ2n) is 5.25. The normalized spacial score (nSPS) is 43.2. The van der Waals surface area contributed by atoms with Crippen molar-refractivity contribution in [3.05, 3.63) is 0 Å². The molecule has 0 radical (unpaired) electrons. The smallest absolute Gasteiger partial charge is 0.0302 e. The minimum atomic E-state index is 0.492. The molecule has 2 rings (SSSR count). The van der Waals surface area contributed by atoms with Gasteiger partial charge in [-0.25, -0.2) is 0 Å². The average Bonchev–Trinajstić information content (AvgIpc) is 2.46. The monoisotopic (exact) mass is 199 g/mol. The van der Waals surface area contributed by atoms with E-state index in [1.165, 1.54) is 25.0 Å². The van der Waals surface area contributed by atoms with E-state index in [1.54, 1.807) is 0 Å². The molecule has 2 heteroatoms. The maximum absolute atomic E-state index is 3.82. The second-order valence-corrected chi connectivity index (χ2v) is 6.92. The highest BCUT2D eigenvalue weighted by Crippen LogP contribution is 2.41. The molecule has 13 heavy (non-hydrogen) atoms. The summed E-state index contributed by atoms with van der Waals surface area (Å²) in [5.74, 6) is 2.27. The fourth-order valence-electron chi connectivity index (χ4n) is 2.39. The highest BCUT2D eigenvalue weighted by atomic mass is 32.2. The van der Waals surface area contributed by atoms with Crippen LogP contribution >= 0.6 is 11.8 Å². The van der Waals surface area contributed by atoms with Crippen molar-refractivity contribution in [3.63, 3.8) is 0 Å². The summed E-state index contributed by atoms with van der Waals surface area (Å²) in [6.45, 7) is 7.09. The van der Waals surface area contributed by atoms with Crippen molar-refractivity contribution in [1.29, 1.82) is 0 Å². The van der Waals surface area contributed by atoms with Gasteiger partial charge in [0.25, 0.3) is 0 Å². The standard InChI is InChI=1S/C11H21NS/c1-8-4-5-9(6-8)12-10-7-13-11(10,2)3/h8-10,12H,4-7H2,1-3H3. The minimum Gasteiger partial charge on any atom is -0.309 e. The molecule has 3 atom stereocenters. The Labute approximate surface area is 86.0 Å². The lowest BCUT2D eigenvalue weighted by Gasteiger charge is -2.45. The third-order valence-corrected chi connectivity index (χ3v) is 5.12. The number of rotatable bonds is 2. The molecule has 0 aromatic heterocycles. The molecule has 1 N–H and O–H groups in total. The zero-order chi connectivity index (χ0) is 9.47. The van der Waals surface area contributed by atoms with Crippen molar-refractivity contribution in [2.24, 2.45) is 5.92 Å². The van der Waals surface area contributed by atoms with Gasteiger partial charge in [0, 0.05) is 22.6 Å². The second kappa shape index (κ2) is 3.47. The molecule has 1 saturated carbocycles. The quantitative estimate of drug-likeness (QED) is 0.734. The fourth-order valence-corrected chi connectivity index (χ4v) is 3.56. The van der Waals surface area contributed by atoms with Crippen molar-refractivity contribution in [2.45, 2.75) is 56.9 Å². The Bertz CT molecular complexity index is 191. The number of hydrogen-bond acceptors (Lipinski definition) is 2. The molecule has 1 heterocycles. The van der Waals surface area contributed by atoms with E-state index in [4.69, 9.17) is 0 Å². The first-order chi connectivity index (χ1) is 6.08. The van der Waals surface area contributed by atoms with Crippen LogP contribution in [0.3, 0.4) is 0 Å². The van der Waals surface area contributed by atoms with Gasteiger partial charge in [-0.2, -0.15) is 11.8 Å². The Morgan fingerprint density at radius 1 is 1.31 bits per heavy atom. The third-order valence-electron chi connectivity index (χ3n) is 3.59. The van der Waals surface area contributed by atoms with E-state index in [2.05, 4.69) is 37.8 Å². The summed E-state index contributed by atoms with van der Waals surface area (Å²) in [7, 11) is 0. The van der Waals surface area contributed by atoms with Crippen LogP contribution in [0.2, 0.25) is 0 Å². The third kappa shape index (κ3) is 2.04. The van der Waals surface area contributed by atoms with Gasteiger partial charge in [-0.1, -0.05) is 6.92 Å². The zero-order valence-electron chi connectivity index (χ0n) is 8.97. The van der Waals surface area contributed by atoms with Crippen LogP contribution in [0.15, 0.2) is 0 Å². The molecule has 76 valence electrons. The SMILES string of the molecule is CC1CCC(NC2CSC2(C)C)C1. The molecule has 0 spiro atoms. The summed E-state index contributed by atoms with van der Waals surface area (Å²) in [6, 6.07) is 1.59. The van der Waals surface area contributed by atoms with E-state index in [0.29, 0.717) is 4.75 Å². The van der Waals surface area contributed by atoms with E-state index in [-0.39, 0.29) is 0 Å². The van der Waals surface area contributed by atoms with Gasteiger partial charge < -0.3 is 5.32 Å². The predicted molar refractivity (Wildman–Crippen MR) is 60.3 cm³/mol. The minimum absolute atomic E-state index is 0.492. The van der Waals surface area contributed by atoms with E-state index in [0.717, 1.165) is 18.0 Å². The van der Waals surface area contributed by atoms with Gasteiger partial charge in [0.1, 0.15) is 0 Å². The number of nitrogens with one attached hydrogen (secondary N) is 1. The van der Waals surface area contributed by atoms with Gasteiger partial charge in [0.05, 0.1) is 0 Å². The first kappa shape index (κ1) is 9.85. The molecule has 0 amide bonds. The van der Waals surface area contributed by atoms with Crippen molar-refractivity contribution in [3.8, 4) is 0 Å². The van der Waals surface area contributed by atoms with Crippen molar-refractivity contribution < 1.29 is 0 Å². The topological polar surface area (TPSA) is 12.0 Å². The predicted octanol–water partition coefficient (Wildman–Crippen LogP) is 2.66. The molecule has 0 bridgehead atoms. The molecule has 0 aromatic carbocycles. The molecule has 0 aromatic rings. The van der Waals surface area contributed by atoms with Gasteiger partial charge >= 0.3 is 0 Å². The Kier molecular flexibility index (Phi) is 2.63. The number of thioether (sulfide) groups is 1. The lowest BCUT2D eigenvalue weighted by Crippen LogP contribution is -2.57. The molecule has 3 unspecified atom stereocenters. The molecular weight excluding hydrogens is 178 g/mol. The maximum atomic E-state index is 3.82. The summed E-state index contributed by atoms with van der Waals surface area (Å²) in [5, 5.41) is 3.82. The zero-order valence-corrected chi connectivity index (χ0v) is 9.79. The van der Waals surface area contributed by atoms with Gasteiger partial charge in [0.15, 0.2) is 0 Å². The van der Waals surface area contributed by atoms with E-state index in [1.807, 2.05) is 0 Å². The molecule has 2 aliphatic rings. The first-order valence-corrected chi connectivity index (χ1v) is 6.46. The highest BCUT2D eigenvalue weighted by Gasteiger charge is 2.40. The van der Waals surface area contributed by atoms with Crippen LogP contribution in [0, 0.1) is 5.92 Å². The van der Waals surface area contributed by atoms with E-state index < -0.39 is 0 Å². The van der Waals surface area contributed by atoms with Crippen LogP contribution in [0.5, 0.6) is 0 Å². The van der Waals surface area contributed by atoms with Crippen molar-refractivity contribution in [2.75, 3.05) is 5.75 Å². The summed E-state index contributed by atoms with van der Waals surface area (Å²) in [4.78, 5) is 0. The molecule has 1 aliphatic heterocycles. The molecule has 1 nitrogen and oxygen atoms in total. The summed E-state index contributed by atoms with van der Waals surface area (Å²) in [6.07, 6.45) is 4.23.